The lowest BCUT2D eigenvalue weighted by atomic mass is 10.1. The second-order valence-corrected chi connectivity index (χ2v) is 4.69. The lowest BCUT2D eigenvalue weighted by Gasteiger charge is -1.99. The van der Waals surface area contributed by atoms with Crippen LogP contribution in [-0.2, 0) is 13.0 Å². The van der Waals surface area contributed by atoms with Gasteiger partial charge in [-0.25, -0.2) is 9.50 Å². The number of rotatable bonds is 3. The zero-order valence-corrected chi connectivity index (χ0v) is 10.9. The van der Waals surface area contributed by atoms with Gasteiger partial charge in [0.25, 0.3) is 0 Å². The van der Waals surface area contributed by atoms with E-state index in [0.717, 1.165) is 23.6 Å². The summed E-state index contributed by atoms with van der Waals surface area (Å²) in [6.45, 7) is 2.55. The molecule has 4 nitrogen and oxygen atoms in total. The number of pyridine rings is 1. The summed E-state index contributed by atoms with van der Waals surface area (Å²) in [5, 5.41) is 4.53. The Bertz CT molecular complexity index is 715. The number of nitrogens with zero attached hydrogens (tertiary/aromatic N) is 3. The monoisotopic (exact) mass is 252 g/mol. The van der Waals surface area contributed by atoms with Crippen molar-refractivity contribution in [2.45, 2.75) is 19.9 Å². The molecule has 0 radical (unpaired) electrons. The van der Waals surface area contributed by atoms with Gasteiger partial charge in [-0.3, -0.25) is 0 Å². The summed E-state index contributed by atoms with van der Waals surface area (Å²) in [5.41, 5.74) is 10.0. The van der Waals surface area contributed by atoms with Gasteiger partial charge in [0.05, 0.1) is 5.69 Å². The SMILES string of the molecule is Cc1cccc(Cc2nc3cccc(CN)n3n2)c1. The molecule has 0 aliphatic heterocycles. The van der Waals surface area contributed by atoms with Crippen LogP contribution in [0, 0.1) is 6.92 Å². The topological polar surface area (TPSA) is 56.2 Å². The van der Waals surface area contributed by atoms with Gasteiger partial charge in [0.1, 0.15) is 0 Å². The molecular formula is C15H16N4. The quantitative estimate of drug-likeness (QED) is 0.776. The molecule has 0 aliphatic rings. The Morgan fingerprint density at radius 2 is 2.00 bits per heavy atom. The first kappa shape index (κ1) is 11.9. The Labute approximate surface area is 111 Å². The maximum Gasteiger partial charge on any atom is 0.156 e. The van der Waals surface area contributed by atoms with Crippen molar-refractivity contribution in [1.82, 2.24) is 14.6 Å². The number of nitrogens with two attached hydrogens (primary N) is 1. The average molecular weight is 252 g/mol. The van der Waals surface area contributed by atoms with Crippen LogP contribution in [0.1, 0.15) is 22.6 Å². The van der Waals surface area contributed by atoms with Crippen LogP contribution in [0.15, 0.2) is 42.5 Å². The van der Waals surface area contributed by atoms with E-state index in [1.54, 1.807) is 0 Å². The molecule has 4 heteroatoms. The highest BCUT2D eigenvalue weighted by Gasteiger charge is 2.07. The Kier molecular flexibility index (Phi) is 3.01. The average Bonchev–Trinajstić information content (AvgIpc) is 2.80. The molecule has 0 unspecified atom stereocenters. The van der Waals surface area contributed by atoms with Crippen molar-refractivity contribution in [1.29, 1.82) is 0 Å². The number of aromatic nitrogens is 3. The van der Waals surface area contributed by atoms with E-state index in [9.17, 15) is 0 Å². The Hall–Kier alpha value is -2.20. The summed E-state index contributed by atoms with van der Waals surface area (Å²) in [6, 6.07) is 14.3. The van der Waals surface area contributed by atoms with E-state index in [0.29, 0.717) is 6.54 Å². The number of hydrogen-bond acceptors (Lipinski definition) is 3. The molecule has 2 aromatic heterocycles. The third-order valence-corrected chi connectivity index (χ3v) is 3.14. The van der Waals surface area contributed by atoms with Crippen molar-refractivity contribution in [2.24, 2.45) is 5.73 Å². The van der Waals surface area contributed by atoms with Crippen LogP contribution in [0.5, 0.6) is 0 Å². The molecule has 3 aromatic rings. The molecule has 2 N–H and O–H groups in total. The predicted molar refractivity (Wildman–Crippen MR) is 74.9 cm³/mol. The first-order valence-corrected chi connectivity index (χ1v) is 6.35. The van der Waals surface area contributed by atoms with Gasteiger partial charge >= 0.3 is 0 Å². The van der Waals surface area contributed by atoms with Gasteiger partial charge in [0.2, 0.25) is 0 Å². The molecule has 0 saturated carbocycles. The molecular weight excluding hydrogens is 236 g/mol. The van der Waals surface area contributed by atoms with Gasteiger partial charge in [-0.05, 0) is 24.6 Å². The summed E-state index contributed by atoms with van der Waals surface area (Å²) in [5.74, 6) is 0.825. The highest BCUT2D eigenvalue weighted by Crippen LogP contribution is 2.11. The number of aryl methyl sites for hydroxylation is 1. The van der Waals surface area contributed by atoms with Crippen molar-refractivity contribution in [3.63, 3.8) is 0 Å². The van der Waals surface area contributed by atoms with Crippen LogP contribution in [0.3, 0.4) is 0 Å². The van der Waals surface area contributed by atoms with E-state index >= 15 is 0 Å². The first-order valence-electron chi connectivity index (χ1n) is 6.35. The molecule has 96 valence electrons. The van der Waals surface area contributed by atoms with Gasteiger partial charge < -0.3 is 5.73 Å². The summed E-state index contributed by atoms with van der Waals surface area (Å²) < 4.78 is 1.82. The van der Waals surface area contributed by atoms with Crippen molar-refractivity contribution in [3.05, 3.63) is 65.1 Å². The highest BCUT2D eigenvalue weighted by molar-refractivity contribution is 5.39. The van der Waals surface area contributed by atoms with Crippen LogP contribution >= 0.6 is 0 Å². The molecule has 1 aromatic carbocycles. The van der Waals surface area contributed by atoms with E-state index in [1.165, 1.54) is 11.1 Å². The molecule has 0 bridgehead atoms. The van der Waals surface area contributed by atoms with Crippen LogP contribution in [-0.4, -0.2) is 14.6 Å². The molecule has 0 saturated heterocycles. The summed E-state index contributed by atoms with van der Waals surface area (Å²) in [6.07, 6.45) is 0.743. The molecule has 19 heavy (non-hydrogen) atoms. The first-order chi connectivity index (χ1) is 9.26. The summed E-state index contributed by atoms with van der Waals surface area (Å²) in [4.78, 5) is 4.54. The fourth-order valence-electron chi connectivity index (χ4n) is 2.24. The minimum absolute atomic E-state index is 0.463. The highest BCUT2D eigenvalue weighted by atomic mass is 15.3. The van der Waals surface area contributed by atoms with Crippen molar-refractivity contribution in [2.75, 3.05) is 0 Å². The zero-order valence-electron chi connectivity index (χ0n) is 10.9. The largest absolute Gasteiger partial charge is 0.325 e. The molecule has 0 amide bonds. The Balaban J connectivity index is 1.98. The van der Waals surface area contributed by atoms with E-state index in [2.05, 4.69) is 41.3 Å². The van der Waals surface area contributed by atoms with Crippen molar-refractivity contribution < 1.29 is 0 Å². The summed E-state index contributed by atoms with van der Waals surface area (Å²) >= 11 is 0. The lowest BCUT2D eigenvalue weighted by Crippen LogP contribution is -2.04. The van der Waals surface area contributed by atoms with Crippen molar-refractivity contribution in [3.8, 4) is 0 Å². The minimum atomic E-state index is 0.463. The normalized spacial score (nSPS) is 11.1. The molecule has 0 atom stereocenters. The zero-order chi connectivity index (χ0) is 13.2. The van der Waals surface area contributed by atoms with Crippen molar-refractivity contribution >= 4 is 5.65 Å². The Morgan fingerprint density at radius 3 is 2.79 bits per heavy atom. The summed E-state index contributed by atoms with van der Waals surface area (Å²) in [7, 11) is 0. The smallest absolute Gasteiger partial charge is 0.156 e. The predicted octanol–water partition coefficient (Wildman–Crippen LogP) is 2.09. The Morgan fingerprint density at radius 1 is 1.16 bits per heavy atom. The van der Waals surface area contributed by atoms with Crippen LogP contribution < -0.4 is 5.73 Å². The van der Waals surface area contributed by atoms with Gasteiger partial charge in [0, 0.05) is 13.0 Å². The van der Waals surface area contributed by atoms with Crippen LogP contribution in [0.2, 0.25) is 0 Å². The van der Waals surface area contributed by atoms with Gasteiger partial charge in [-0.2, -0.15) is 5.10 Å². The van der Waals surface area contributed by atoms with E-state index in [4.69, 9.17) is 5.73 Å². The van der Waals surface area contributed by atoms with Crippen LogP contribution in [0.25, 0.3) is 5.65 Å². The van der Waals surface area contributed by atoms with E-state index in [1.807, 2.05) is 22.7 Å². The molecule has 0 aliphatic carbocycles. The molecule has 3 rings (SSSR count). The van der Waals surface area contributed by atoms with E-state index < -0.39 is 0 Å². The van der Waals surface area contributed by atoms with Gasteiger partial charge in [-0.15, -0.1) is 0 Å². The number of benzene rings is 1. The maximum absolute atomic E-state index is 5.71. The standard InChI is InChI=1S/C15H16N4/c1-11-4-2-5-12(8-11)9-14-17-15-7-3-6-13(10-16)19(15)18-14/h2-8H,9-10,16H2,1H3. The third kappa shape index (κ3) is 2.35. The number of hydrogen-bond donors (Lipinski definition) is 1. The fourth-order valence-corrected chi connectivity index (χ4v) is 2.24. The van der Waals surface area contributed by atoms with Gasteiger partial charge in [-0.1, -0.05) is 35.9 Å². The number of fused-ring (bicyclic) bond motifs is 1. The van der Waals surface area contributed by atoms with Crippen LogP contribution in [0.4, 0.5) is 0 Å². The second-order valence-electron chi connectivity index (χ2n) is 4.69. The van der Waals surface area contributed by atoms with Gasteiger partial charge in [0.15, 0.2) is 11.5 Å². The molecule has 0 spiro atoms. The molecule has 2 heterocycles. The van der Waals surface area contributed by atoms with E-state index in [-0.39, 0.29) is 0 Å². The fraction of sp³-hybridized carbons (Fsp3) is 0.200. The maximum atomic E-state index is 5.71. The lowest BCUT2D eigenvalue weighted by molar-refractivity contribution is 0.826. The molecule has 0 fully saturated rings. The third-order valence-electron chi connectivity index (χ3n) is 3.14. The second kappa shape index (κ2) is 4.82. The minimum Gasteiger partial charge on any atom is -0.325 e.